The minimum atomic E-state index is -3.09. The van der Waals surface area contributed by atoms with Gasteiger partial charge < -0.3 is 4.90 Å². The van der Waals surface area contributed by atoms with Gasteiger partial charge in [-0.05, 0) is 43.2 Å². The largest absolute Gasteiger partial charge is 0.308 e. The summed E-state index contributed by atoms with van der Waals surface area (Å²) in [5.41, 5.74) is 2.76. The minimum Gasteiger partial charge on any atom is -0.308 e. The average molecular weight is 427 g/mol. The molecule has 1 unspecified atom stereocenters. The van der Waals surface area contributed by atoms with Crippen LogP contribution in [-0.2, 0) is 14.6 Å². The van der Waals surface area contributed by atoms with Gasteiger partial charge in [-0.1, -0.05) is 48.2 Å². The van der Waals surface area contributed by atoms with Gasteiger partial charge in [-0.3, -0.25) is 4.79 Å². The Morgan fingerprint density at radius 3 is 2.59 bits per heavy atom. The van der Waals surface area contributed by atoms with E-state index in [1.807, 2.05) is 67.6 Å². The summed E-state index contributed by atoms with van der Waals surface area (Å²) >= 11 is 1.39. The molecule has 0 spiro atoms. The van der Waals surface area contributed by atoms with Crippen molar-refractivity contribution in [2.45, 2.75) is 24.4 Å². The van der Waals surface area contributed by atoms with Crippen molar-refractivity contribution in [1.82, 2.24) is 4.98 Å². The number of rotatable bonds is 5. The molecular formula is C22H22N2O3S2. The van der Waals surface area contributed by atoms with Crippen LogP contribution in [0.5, 0.6) is 0 Å². The smallest absolute Gasteiger partial charge is 0.237 e. The van der Waals surface area contributed by atoms with E-state index in [-0.39, 0.29) is 29.2 Å². The average Bonchev–Trinajstić information content (AvgIpc) is 3.07. The Kier molecular flexibility index (Phi) is 5.61. The van der Waals surface area contributed by atoms with Crippen molar-refractivity contribution in [3.8, 4) is 0 Å². The molecular weight excluding hydrogens is 404 g/mol. The van der Waals surface area contributed by atoms with E-state index in [0.29, 0.717) is 6.42 Å². The van der Waals surface area contributed by atoms with Gasteiger partial charge in [0.25, 0.3) is 0 Å². The molecule has 5 nitrogen and oxygen atoms in total. The highest BCUT2D eigenvalue weighted by Crippen LogP contribution is 2.28. The fraction of sp³-hybridized carbons (Fsp3) is 0.273. The first kappa shape index (κ1) is 19.9. The van der Waals surface area contributed by atoms with Crippen LogP contribution in [0.3, 0.4) is 0 Å². The summed E-state index contributed by atoms with van der Waals surface area (Å²) in [7, 11) is -3.09. The second-order valence-electron chi connectivity index (χ2n) is 7.24. The zero-order valence-corrected chi connectivity index (χ0v) is 17.7. The lowest BCUT2D eigenvalue weighted by Crippen LogP contribution is -2.42. The highest BCUT2D eigenvalue weighted by atomic mass is 32.2. The first-order valence-corrected chi connectivity index (χ1v) is 12.3. The van der Waals surface area contributed by atoms with Gasteiger partial charge in [-0.15, -0.1) is 0 Å². The predicted octanol–water partition coefficient (Wildman–Crippen LogP) is 3.86. The van der Waals surface area contributed by atoms with Crippen LogP contribution in [0.4, 0.5) is 5.69 Å². The summed E-state index contributed by atoms with van der Waals surface area (Å²) in [4.78, 5) is 19.5. The van der Waals surface area contributed by atoms with E-state index >= 15 is 0 Å². The molecule has 0 aliphatic carbocycles. The van der Waals surface area contributed by atoms with E-state index in [1.54, 1.807) is 4.90 Å². The molecule has 150 valence electrons. The van der Waals surface area contributed by atoms with Gasteiger partial charge in [0.05, 0.1) is 33.8 Å². The number of hydrogen-bond acceptors (Lipinski definition) is 5. The number of nitrogens with zero attached hydrogens (tertiary/aromatic N) is 2. The Morgan fingerprint density at radius 2 is 1.86 bits per heavy atom. The van der Waals surface area contributed by atoms with Gasteiger partial charge >= 0.3 is 0 Å². The molecule has 0 radical (unpaired) electrons. The number of sulfone groups is 1. The third kappa shape index (κ3) is 4.46. The van der Waals surface area contributed by atoms with Gasteiger partial charge in [0.2, 0.25) is 5.91 Å². The zero-order valence-electron chi connectivity index (χ0n) is 16.1. The Labute approximate surface area is 175 Å². The highest BCUT2D eigenvalue weighted by molar-refractivity contribution is 7.99. The molecule has 2 aromatic carbocycles. The molecule has 1 aromatic heterocycles. The molecule has 4 rings (SSSR count). The topological polar surface area (TPSA) is 67.3 Å². The maximum Gasteiger partial charge on any atom is 0.237 e. The molecule has 7 heteroatoms. The first-order chi connectivity index (χ1) is 13.9. The molecule has 0 N–H and O–H groups in total. The summed E-state index contributed by atoms with van der Waals surface area (Å²) in [6, 6.07) is 18.9. The second-order valence-corrected chi connectivity index (χ2v) is 10.5. The number of aryl methyl sites for hydroxylation is 1. The molecule has 0 bridgehead atoms. The van der Waals surface area contributed by atoms with E-state index in [4.69, 9.17) is 0 Å². The fourth-order valence-corrected chi connectivity index (χ4v) is 6.26. The monoisotopic (exact) mass is 426 g/mol. The number of thioether (sulfide) groups is 1. The maximum atomic E-state index is 13.1. The van der Waals surface area contributed by atoms with Crippen molar-refractivity contribution >= 4 is 44.1 Å². The molecule has 0 saturated carbocycles. The zero-order chi connectivity index (χ0) is 20.4. The van der Waals surface area contributed by atoms with Crippen molar-refractivity contribution in [3.05, 3.63) is 66.2 Å². The summed E-state index contributed by atoms with van der Waals surface area (Å²) in [6.45, 7) is 2.04. The quantitative estimate of drug-likeness (QED) is 0.580. The molecule has 1 amide bonds. The van der Waals surface area contributed by atoms with Crippen LogP contribution in [0.25, 0.3) is 10.9 Å². The summed E-state index contributed by atoms with van der Waals surface area (Å²) in [6.07, 6.45) is 0.473. The predicted molar refractivity (Wildman–Crippen MR) is 118 cm³/mol. The van der Waals surface area contributed by atoms with E-state index in [2.05, 4.69) is 4.98 Å². The van der Waals surface area contributed by atoms with Gasteiger partial charge in [0, 0.05) is 11.1 Å². The number of hydrogen-bond donors (Lipinski definition) is 0. The first-order valence-electron chi connectivity index (χ1n) is 9.50. The molecule has 1 fully saturated rings. The van der Waals surface area contributed by atoms with Crippen LogP contribution in [0.2, 0.25) is 0 Å². The Morgan fingerprint density at radius 1 is 1.14 bits per heavy atom. The number of para-hydroxylation sites is 2. The molecule has 3 aromatic rings. The summed E-state index contributed by atoms with van der Waals surface area (Å²) in [5.74, 6) is 0.255. The maximum absolute atomic E-state index is 13.1. The van der Waals surface area contributed by atoms with Crippen molar-refractivity contribution in [1.29, 1.82) is 0 Å². The minimum absolute atomic E-state index is 0.0195. The van der Waals surface area contributed by atoms with Crippen LogP contribution in [0.15, 0.2) is 65.7 Å². The lowest BCUT2D eigenvalue weighted by atomic mass is 10.1. The summed E-state index contributed by atoms with van der Waals surface area (Å²) < 4.78 is 24.0. The third-order valence-electron chi connectivity index (χ3n) is 5.12. The van der Waals surface area contributed by atoms with E-state index < -0.39 is 9.84 Å². The van der Waals surface area contributed by atoms with Gasteiger partial charge in [-0.2, -0.15) is 0 Å². The standard InChI is InChI=1S/C22H22N2O3S2/c1-16-13-21(23-20-10-6-5-9-19(16)20)28-14-22(25)24(17-7-3-2-4-8-17)18-11-12-29(26,27)15-18/h2-10,13,18H,11-12,14-15H2,1H3. The number of carbonyl (C=O) groups excluding carboxylic acids is 1. The van der Waals surface area contributed by atoms with Crippen molar-refractivity contribution in [2.75, 3.05) is 22.2 Å². The van der Waals surface area contributed by atoms with E-state index in [9.17, 15) is 13.2 Å². The second kappa shape index (κ2) is 8.16. The molecule has 29 heavy (non-hydrogen) atoms. The van der Waals surface area contributed by atoms with E-state index in [0.717, 1.165) is 27.2 Å². The number of amides is 1. The summed E-state index contributed by atoms with van der Waals surface area (Å²) in [5, 5.41) is 1.90. The molecule has 1 saturated heterocycles. The van der Waals surface area contributed by atoms with Gasteiger partial charge in [0.1, 0.15) is 0 Å². The van der Waals surface area contributed by atoms with Crippen molar-refractivity contribution in [2.24, 2.45) is 0 Å². The van der Waals surface area contributed by atoms with Crippen LogP contribution >= 0.6 is 11.8 Å². The van der Waals surface area contributed by atoms with Gasteiger partial charge in [-0.25, -0.2) is 13.4 Å². The Bertz CT molecular complexity index is 1150. The number of aromatic nitrogens is 1. The lowest BCUT2D eigenvalue weighted by molar-refractivity contribution is -0.116. The van der Waals surface area contributed by atoms with Crippen molar-refractivity contribution < 1.29 is 13.2 Å². The van der Waals surface area contributed by atoms with Crippen LogP contribution in [-0.4, -0.2) is 42.6 Å². The highest BCUT2D eigenvalue weighted by Gasteiger charge is 2.35. The number of benzene rings is 2. The SMILES string of the molecule is Cc1cc(SCC(=O)N(c2ccccc2)C2CCS(=O)(=O)C2)nc2ccccc12. The van der Waals surface area contributed by atoms with Crippen LogP contribution in [0.1, 0.15) is 12.0 Å². The number of pyridine rings is 1. The number of carbonyl (C=O) groups is 1. The Hall–Kier alpha value is -2.38. The number of anilines is 1. The lowest BCUT2D eigenvalue weighted by Gasteiger charge is -2.28. The molecule has 2 heterocycles. The molecule has 1 aliphatic heterocycles. The normalized spacial score (nSPS) is 18.0. The van der Waals surface area contributed by atoms with Gasteiger partial charge in [0.15, 0.2) is 9.84 Å². The number of fused-ring (bicyclic) bond motifs is 1. The van der Waals surface area contributed by atoms with Crippen LogP contribution in [0, 0.1) is 6.92 Å². The molecule has 1 atom stereocenters. The van der Waals surface area contributed by atoms with E-state index in [1.165, 1.54) is 11.8 Å². The van der Waals surface area contributed by atoms with Crippen LogP contribution < -0.4 is 4.90 Å². The molecule has 1 aliphatic rings. The third-order valence-corrected chi connectivity index (χ3v) is 7.77. The Balaban J connectivity index is 1.56. The fourth-order valence-electron chi connectivity index (χ4n) is 3.72. The van der Waals surface area contributed by atoms with Crippen molar-refractivity contribution in [3.63, 3.8) is 0 Å².